The maximum atomic E-state index is 12.5. The smallest absolute Gasteiger partial charge is 0.251 e. The predicted octanol–water partition coefficient (Wildman–Crippen LogP) is 2.14. The largest absolute Gasteiger partial charge is 0.496 e. The van der Waals surface area contributed by atoms with Crippen LogP contribution in [0.5, 0.6) is 5.75 Å². The number of nitrogens with one attached hydrogen (secondary N) is 1. The molecule has 0 aliphatic carbocycles. The first-order valence-corrected chi connectivity index (χ1v) is 10.3. The molecule has 2 aliphatic heterocycles. The molecule has 1 unspecified atom stereocenters. The van der Waals surface area contributed by atoms with Crippen LogP contribution in [-0.4, -0.2) is 80.8 Å². The van der Waals surface area contributed by atoms with Crippen LogP contribution in [0.15, 0.2) is 29.3 Å². The Labute approximate surface area is 190 Å². The highest BCUT2D eigenvalue weighted by Gasteiger charge is 2.30. The molecule has 3 rings (SSSR count). The van der Waals surface area contributed by atoms with Gasteiger partial charge < -0.3 is 24.6 Å². The van der Waals surface area contributed by atoms with Gasteiger partial charge in [-0.2, -0.15) is 0 Å². The molecule has 1 N–H and O–H groups in total. The fourth-order valence-corrected chi connectivity index (χ4v) is 3.73. The van der Waals surface area contributed by atoms with Gasteiger partial charge in [0, 0.05) is 45.9 Å². The number of ether oxygens (including phenoxy) is 2. The first kappa shape index (κ1) is 23.7. The van der Waals surface area contributed by atoms with Gasteiger partial charge in [0.05, 0.1) is 7.11 Å². The molecular formula is C21H33IN4O3. The molecule has 2 fully saturated rings. The standard InChI is InChI=1S/C21H32N4O3.HI/c1-3-22-21(23-11-10-17-7-4-5-8-18(17)27-2)25-14-12-24(13-15-25)20(26)19-9-6-16-28-19;/h4-5,7-8,19H,3,6,9-16H2,1-2H3,(H,22,23);1H. The average Bonchev–Trinajstić information content (AvgIpc) is 3.28. The lowest BCUT2D eigenvalue weighted by molar-refractivity contribution is -0.142. The monoisotopic (exact) mass is 516 g/mol. The van der Waals surface area contributed by atoms with Crippen LogP contribution < -0.4 is 10.1 Å². The van der Waals surface area contributed by atoms with Crippen LogP contribution in [0.25, 0.3) is 0 Å². The number of carbonyl (C=O) groups is 1. The first-order valence-electron chi connectivity index (χ1n) is 10.3. The molecule has 2 saturated heterocycles. The van der Waals surface area contributed by atoms with Gasteiger partial charge >= 0.3 is 0 Å². The van der Waals surface area contributed by atoms with Gasteiger partial charge in [-0.05, 0) is 37.8 Å². The second kappa shape index (κ2) is 12.2. The van der Waals surface area contributed by atoms with Crippen molar-refractivity contribution in [2.75, 3.05) is 53.0 Å². The van der Waals surface area contributed by atoms with Gasteiger partial charge in [-0.15, -0.1) is 24.0 Å². The molecule has 2 aliphatic rings. The van der Waals surface area contributed by atoms with Crippen molar-refractivity contribution in [1.29, 1.82) is 0 Å². The molecule has 0 spiro atoms. The van der Waals surface area contributed by atoms with Crippen molar-refractivity contribution < 1.29 is 14.3 Å². The highest BCUT2D eigenvalue weighted by atomic mass is 127. The molecule has 2 heterocycles. The summed E-state index contributed by atoms with van der Waals surface area (Å²) in [4.78, 5) is 21.5. The van der Waals surface area contributed by atoms with E-state index < -0.39 is 0 Å². The predicted molar refractivity (Wildman–Crippen MR) is 125 cm³/mol. The van der Waals surface area contributed by atoms with Crippen molar-refractivity contribution in [2.45, 2.75) is 32.3 Å². The lowest BCUT2D eigenvalue weighted by atomic mass is 10.1. The van der Waals surface area contributed by atoms with E-state index in [-0.39, 0.29) is 36.0 Å². The van der Waals surface area contributed by atoms with E-state index in [9.17, 15) is 4.79 Å². The molecule has 1 atom stereocenters. The van der Waals surface area contributed by atoms with Crippen molar-refractivity contribution in [3.05, 3.63) is 29.8 Å². The molecule has 1 aromatic rings. The van der Waals surface area contributed by atoms with Crippen molar-refractivity contribution in [3.8, 4) is 5.75 Å². The number of para-hydroxylation sites is 1. The Bertz CT molecular complexity index is 672. The highest BCUT2D eigenvalue weighted by molar-refractivity contribution is 14.0. The van der Waals surface area contributed by atoms with Crippen LogP contribution in [0.2, 0.25) is 0 Å². The number of hydrogen-bond acceptors (Lipinski definition) is 4. The molecular weight excluding hydrogens is 483 g/mol. The summed E-state index contributed by atoms with van der Waals surface area (Å²) in [5, 5.41) is 3.38. The van der Waals surface area contributed by atoms with Crippen molar-refractivity contribution in [1.82, 2.24) is 15.1 Å². The highest BCUT2D eigenvalue weighted by Crippen LogP contribution is 2.18. The summed E-state index contributed by atoms with van der Waals surface area (Å²) in [6.45, 7) is 7.32. The summed E-state index contributed by atoms with van der Waals surface area (Å²) in [5.41, 5.74) is 1.16. The summed E-state index contributed by atoms with van der Waals surface area (Å²) >= 11 is 0. The van der Waals surface area contributed by atoms with Crippen molar-refractivity contribution in [3.63, 3.8) is 0 Å². The molecule has 0 saturated carbocycles. The van der Waals surface area contributed by atoms with E-state index in [0.29, 0.717) is 13.2 Å². The summed E-state index contributed by atoms with van der Waals surface area (Å²) in [7, 11) is 1.70. The van der Waals surface area contributed by atoms with Gasteiger partial charge in [-0.3, -0.25) is 9.79 Å². The van der Waals surface area contributed by atoms with Crippen LogP contribution in [0, 0.1) is 0 Å². The molecule has 0 aromatic heterocycles. The maximum Gasteiger partial charge on any atom is 0.251 e. The second-order valence-corrected chi connectivity index (χ2v) is 7.11. The third kappa shape index (κ3) is 6.47. The van der Waals surface area contributed by atoms with Gasteiger partial charge in [0.1, 0.15) is 11.9 Å². The minimum atomic E-state index is -0.227. The van der Waals surface area contributed by atoms with Gasteiger partial charge in [-0.1, -0.05) is 18.2 Å². The maximum absolute atomic E-state index is 12.5. The second-order valence-electron chi connectivity index (χ2n) is 7.11. The third-order valence-electron chi connectivity index (χ3n) is 5.27. The van der Waals surface area contributed by atoms with Crippen LogP contribution in [-0.2, 0) is 16.0 Å². The number of rotatable bonds is 6. The lowest BCUT2D eigenvalue weighted by Gasteiger charge is -2.37. The van der Waals surface area contributed by atoms with E-state index in [1.165, 1.54) is 0 Å². The van der Waals surface area contributed by atoms with Crippen molar-refractivity contribution in [2.24, 2.45) is 4.99 Å². The zero-order valence-electron chi connectivity index (χ0n) is 17.4. The fraction of sp³-hybridized carbons (Fsp3) is 0.619. The van der Waals surface area contributed by atoms with Gasteiger partial charge in [0.15, 0.2) is 5.96 Å². The Kier molecular flexibility index (Phi) is 9.99. The number of aliphatic imine (C=N–C) groups is 1. The molecule has 29 heavy (non-hydrogen) atoms. The normalized spacial score (nSPS) is 19.7. The Morgan fingerprint density at radius 2 is 1.97 bits per heavy atom. The van der Waals surface area contributed by atoms with Crippen LogP contribution in [0.3, 0.4) is 0 Å². The summed E-state index contributed by atoms with van der Waals surface area (Å²) in [6, 6.07) is 8.06. The topological polar surface area (TPSA) is 66.4 Å². The van der Waals surface area contributed by atoms with Crippen LogP contribution in [0.4, 0.5) is 0 Å². The Balaban J connectivity index is 0.00000300. The molecule has 0 bridgehead atoms. The van der Waals surface area contributed by atoms with E-state index in [2.05, 4.69) is 23.2 Å². The van der Waals surface area contributed by atoms with E-state index in [1.54, 1.807) is 7.11 Å². The molecule has 1 aromatic carbocycles. The van der Waals surface area contributed by atoms with Crippen LogP contribution in [0.1, 0.15) is 25.3 Å². The van der Waals surface area contributed by atoms with E-state index in [0.717, 1.165) is 69.3 Å². The molecule has 0 radical (unpaired) electrons. The molecule has 162 valence electrons. The van der Waals surface area contributed by atoms with Gasteiger partial charge in [-0.25, -0.2) is 0 Å². The SMILES string of the molecule is CCNC(=NCCc1ccccc1OC)N1CCN(C(=O)C2CCCO2)CC1.I. The number of benzene rings is 1. The number of guanidine groups is 1. The van der Waals surface area contributed by atoms with E-state index in [4.69, 9.17) is 14.5 Å². The number of nitrogens with zero attached hydrogens (tertiary/aromatic N) is 3. The molecule has 8 heteroatoms. The van der Waals surface area contributed by atoms with E-state index >= 15 is 0 Å². The van der Waals surface area contributed by atoms with E-state index in [1.807, 2.05) is 23.1 Å². The first-order chi connectivity index (χ1) is 13.7. The number of hydrogen-bond donors (Lipinski definition) is 1. The quantitative estimate of drug-likeness (QED) is 0.357. The summed E-state index contributed by atoms with van der Waals surface area (Å²) in [6.07, 6.45) is 2.44. The molecule has 1 amide bonds. The Morgan fingerprint density at radius 1 is 1.24 bits per heavy atom. The Morgan fingerprint density at radius 3 is 2.62 bits per heavy atom. The molecule has 7 nitrogen and oxygen atoms in total. The number of methoxy groups -OCH3 is 1. The van der Waals surface area contributed by atoms with Gasteiger partial charge in [0.2, 0.25) is 0 Å². The number of carbonyl (C=O) groups excluding carboxylic acids is 1. The number of piperazine rings is 1. The zero-order chi connectivity index (χ0) is 19.8. The fourth-order valence-electron chi connectivity index (χ4n) is 3.73. The van der Waals surface area contributed by atoms with Crippen molar-refractivity contribution >= 4 is 35.8 Å². The van der Waals surface area contributed by atoms with Gasteiger partial charge in [0.25, 0.3) is 5.91 Å². The third-order valence-corrected chi connectivity index (χ3v) is 5.27. The lowest BCUT2D eigenvalue weighted by Crippen LogP contribution is -2.55. The summed E-state index contributed by atoms with van der Waals surface area (Å²) in [5.74, 6) is 1.97. The number of halogens is 1. The number of amides is 1. The zero-order valence-corrected chi connectivity index (χ0v) is 19.8. The Hall–Kier alpha value is -1.55. The average molecular weight is 516 g/mol. The minimum absolute atomic E-state index is 0. The summed E-state index contributed by atoms with van der Waals surface area (Å²) < 4.78 is 11.0. The minimum Gasteiger partial charge on any atom is -0.496 e. The van der Waals surface area contributed by atoms with Crippen LogP contribution >= 0.6 is 24.0 Å².